The fourth-order valence-electron chi connectivity index (χ4n) is 3.95. The molecule has 0 saturated heterocycles. The number of H-pyrrole nitrogens is 1. The Hall–Kier alpha value is -4.59. The Morgan fingerprint density at radius 1 is 0.912 bits per heavy atom. The molecule has 4 aromatic rings. The summed E-state index contributed by atoms with van der Waals surface area (Å²) in [6.07, 6.45) is 0. The second-order valence-electron chi connectivity index (χ2n) is 8.00. The van der Waals surface area contributed by atoms with Crippen LogP contribution in [-0.4, -0.2) is 32.7 Å². The van der Waals surface area contributed by atoms with Gasteiger partial charge in [-0.05, 0) is 48.4 Å². The van der Waals surface area contributed by atoms with Crippen LogP contribution >= 0.6 is 0 Å². The third kappa shape index (κ3) is 3.75. The molecule has 34 heavy (non-hydrogen) atoms. The van der Waals surface area contributed by atoms with Gasteiger partial charge >= 0.3 is 5.97 Å². The van der Waals surface area contributed by atoms with E-state index < -0.39 is 5.97 Å². The summed E-state index contributed by atoms with van der Waals surface area (Å²) in [6.45, 7) is 1.77. The number of imide groups is 1. The molecule has 8 heteroatoms. The zero-order valence-electron chi connectivity index (χ0n) is 18.2. The van der Waals surface area contributed by atoms with Crippen LogP contribution in [0.1, 0.15) is 48.0 Å². The van der Waals surface area contributed by atoms with E-state index in [0.29, 0.717) is 33.2 Å². The van der Waals surface area contributed by atoms with Gasteiger partial charge in [0.25, 0.3) is 17.4 Å². The van der Waals surface area contributed by atoms with Crippen molar-refractivity contribution in [1.29, 1.82) is 0 Å². The number of aromatic amines is 1. The SMILES string of the molecule is Cc1cccc2c(=O)[nH]c(COC(=O)c3ccc(CN4C(=O)c5ccccc5C4=O)cc3)nc12. The molecule has 1 aliphatic heterocycles. The molecule has 0 radical (unpaired) electrons. The van der Waals surface area contributed by atoms with Crippen molar-refractivity contribution in [2.75, 3.05) is 0 Å². The number of aromatic nitrogens is 2. The van der Waals surface area contributed by atoms with E-state index in [0.717, 1.165) is 5.56 Å². The van der Waals surface area contributed by atoms with E-state index in [9.17, 15) is 19.2 Å². The number of hydrogen-bond donors (Lipinski definition) is 1. The third-order valence-corrected chi connectivity index (χ3v) is 5.74. The van der Waals surface area contributed by atoms with E-state index in [4.69, 9.17) is 4.74 Å². The molecule has 0 spiro atoms. The average molecular weight is 453 g/mol. The van der Waals surface area contributed by atoms with Crippen LogP contribution in [0, 0.1) is 6.92 Å². The summed E-state index contributed by atoms with van der Waals surface area (Å²) in [7, 11) is 0. The van der Waals surface area contributed by atoms with E-state index in [-0.39, 0.29) is 36.3 Å². The smallest absolute Gasteiger partial charge is 0.338 e. The van der Waals surface area contributed by atoms with Crippen LogP contribution in [0.5, 0.6) is 0 Å². The van der Waals surface area contributed by atoms with Crippen LogP contribution in [0.15, 0.2) is 71.5 Å². The van der Waals surface area contributed by atoms with Gasteiger partial charge in [0, 0.05) is 0 Å². The van der Waals surface area contributed by atoms with Gasteiger partial charge in [-0.15, -0.1) is 0 Å². The number of carbonyl (C=O) groups excluding carboxylic acids is 3. The van der Waals surface area contributed by atoms with Crippen molar-refractivity contribution in [3.63, 3.8) is 0 Å². The highest BCUT2D eigenvalue weighted by molar-refractivity contribution is 6.21. The lowest BCUT2D eigenvalue weighted by Gasteiger charge is -2.14. The predicted molar refractivity (Wildman–Crippen MR) is 123 cm³/mol. The van der Waals surface area contributed by atoms with Crippen LogP contribution in [0.3, 0.4) is 0 Å². The number of fused-ring (bicyclic) bond motifs is 2. The van der Waals surface area contributed by atoms with E-state index >= 15 is 0 Å². The molecule has 0 aliphatic carbocycles. The predicted octanol–water partition coefficient (Wildman–Crippen LogP) is 3.38. The Labute approximate surface area is 193 Å². The first kappa shape index (κ1) is 21.3. The number of rotatable bonds is 5. The lowest BCUT2D eigenvalue weighted by atomic mass is 10.1. The highest BCUT2D eigenvalue weighted by atomic mass is 16.5. The summed E-state index contributed by atoms with van der Waals surface area (Å²) in [5, 5.41) is 0.476. The van der Waals surface area contributed by atoms with Crippen molar-refractivity contribution < 1.29 is 19.1 Å². The first-order valence-corrected chi connectivity index (χ1v) is 10.6. The third-order valence-electron chi connectivity index (χ3n) is 5.74. The molecule has 0 fully saturated rings. The quantitative estimate of drug-likeness (QED) is 0.367. The van der Waals surface area contributed by atoms with E-state index in [1.165, 1.54) is 4.90 Å². The van der Waals surface area contributed by atoms with Gasteiger partial charge in [0.15, 0.2) is 0 Å². The molecule has 168 valence electrons. The number of hydrogen-bond acceptors (Lipinski definition) is 6. The maximum atomic E-state index is 12.5. The largest absolute Gasteiger partial charge is 0.454 e. The standard InChI is InChI=1S/C26H19N3O5/c1-15-5-4-8-20-22(15)27-21(28-23(20)30)14-34-26(33)17-11-9-16(10-12-17)13-29-24(31)18-6-2-3-7-19(18)25(29)32/h2-12H,13-14H2,1H3,(H,27,28,30). The average Bonchev–Trinajstić information content (AvgIpc) is 3.09. The number of carbonyl (C=O) groups is 3. The fraction of sp³-hybridized carbons (Fsp3) is 0.115. The summed E-state index contributed by atoms with van der Waals surface area (Å²) in [5.41, 5.74) is 2.90. The van der Waals surface area contributed by atoms with Gasteiger partial charge in [0.1, 0.15) is 12.4 Å². The zero-order valence-corrected chi connectivity index (χ0v) is 18.2. The molecule has 2 amide bonds. The first-order chi connectivity index (χ1) is 16.4. The van der Waals surface area contributed by atoms with Crippen LogP contribution < -0.4 is 5.56 Å². The number of aryl methyl sites for hydroxylation is 1. The van der Waals surface area contributed by atoms with Gasteiger partial charge in [-0.25, -0.2) is 9.78 Å². The molecule has 0 saturated carbocycles. The molecule has 1 N–H and O–H groups in total. The maximum absolute atomic E-state index is 12.5. The Morgan fingerprint density at radius 2 is 1.59 bits per heavy atom. The lowest BCUT2D eigenvalue weighted by molar-refractivity contribution is 0.0461. The van der Waals surface area contributed by atoms with E-state index in [2.05, 4.69) is 9.97 Å². The van der Waals surface area contributed by atoms with Crippen LogP contribution in [0.25, 0.3) is 10.9 Å². The maximum Gasteiger partial charge on any atom is 0.338 e. The molecule has 8 nitrogen and oxygen atoms in total. The number of nitrogens with one attached hydrogen (secondary N) is 1. The summed E-state index contributed by atoms with van der Waals surface area (Å²) in [5.74, 6) is -1.00. The summed E-state index contributed by atoms with van der Waals surface area (Å²) in [6, 6.07) is 18.5. The molecule has 1 aromatic heterocycles. The molecule has 0 unspecified atom stereocenters. The van der Waals surface area contributed by atoms with Crippen molar-refractivity contribution in [3.8, 4) is 0 Å². The Bertz CT molecular complexity index is 1490. The molecule has 1 aliphatic rings. The van der Waals surface area contributed by atoms with Gasteiger partial charge in [-0.2, -0.15) is 0 Å². The highest BCUT2D eigenvalue weighted by Crippen LogP contribution is 2.24. The van der Waals surface area contributed by atoms with Crippen LogP contribution in [-0.2, 0) is 17.9 Å². The Morgan fingerprint density at radius 3 is 2.26 bits per heavy atom. The zero-order chi connectivity index (χ0) is 23.8. The number of benzene rings is 3. The number of esters is 1. The second kappa shape index (κ2) is 8.40. The van der Waals surface area contributed by atoms with Crippen molar-refractivity contribution in [2.24, 2.45) is 0 Å². The van der Waals surface area contributed by atoms with Gasteiger partial charge < -0.3 is 9.72 Å². The number of nitrogens with zero attached hydrogens (tertiary/aromatic N) is 2. The van der Waals surface area contributed by atoms with E-state index in [1.807, 2.05) is 13.0 Å². The summed E-state index contributed by atoms with van der Waals surface area (Å²) in [4.78, 5) is 58.0. The number of amides is 2. The number of para-hydroxylation sites is 1. The highest BCUT2D eigenvalue weighted by Gasteiger charge is 2.34. The molecular formula is C26H19N3O5. The van der Waals surface area contributed by atoms with Crippen molar-refractivity contribution in [2.45, 2.75) is 20.1 Å². The first-order valence-electron chi connectivity index (χ1n) is 10.6. The molecule has 3 aromatic carbocycles. The normalized spacial score (nSPS) is 12.8. The lowest BCUT2D eigenvalue weighted by Crippen LogP contribution is -2.29. The minimum Gasteiger partial charge on any atom is -0.454 e. The summed E-state index contributed by atoms with van der Waals surface area (Å²) >= 11 is 0. The summed E-state index contributed by atoms with van der Waals surface area (Å²) < 4.78 is 5.32. The molecule has 5 rings (SSSR count). The minimum absolute atomic E-state index is 0.100. The van der Waals surface area contributed by atoms with Gasteiger partial charge in [-0.3, -0.25) is 19.3 Å². The van der Waals surface area contributed by atoms with E-state index in [1.54, 1.807) is 60.7 Å². The monoisotopic (exact) mass is 453 g/mol. The Kier molecular flexibility index (Phi) is 5.25. The van der Waals surface area contributed by atoms with Gasteiger partial charge in [0.2, 0.25) is 0 Å². The van der Waals surface area contributed by atoms with Gasteiger partial charge in [-0.1, -0.05) is 36.4 Å². The molecule has 0 bridgehead atoms. The number of ether oxygens (including phenoxy) is 1. The van der Waals surface area contributed by atoms with Crippen molar-refractivity contribution in [3.05, 3.63) is 111 Å². The fourth-order valence-corrected chi connectivity index (χ4v) is 3.95. The van der Waals surface area contributed by atoms with Crippen molar-refractivity contribution in [1.82, 2.24) is 14.9 Å². The van der Waals surface area contributed by atoms with Crippen LogP contribution in [0.4, 0.5) is 0 Å². The minimum atomic E-state index is -0.584. The van der Waals surface area contributed by atoms with Gasteiger partial charge in [0.05, 0.1) is 34.1 Å². The molecule has 2 heterocycles. The topological polar surface area (TPSA) is 109 Å². The second-order valence-corrected chi connectivity index (χ2v) is 8.00. The van der Waals surface area contributed by atoms with Crippen LogP contribution in [0.2, 0.25) is 0 Å². The Balaban J connectivity index is 1.26. The molecular weight excluding hydrogens is 434 g/mol. The van der Waals surface area contributed by atoms with Crippen molar-refractivity contribution >= 4 is 28.7 Å². The molecule has 0 atom stereocenters.